The third-order valence-corrected chi connectivity index (χ3v) is 1.53. The summed E-state index contributed by atoms with van der Waals surface area (Å²) in [5, 5.41) is 6.25. The van der Waals surface area contributed by atoms with Crippen LogP contribution < -0.4 is 4.90 Å². The van der Waals surface area contributed by atoms with E-state index in [1.165, 1.54) is 17.1 Å². The van der Waals surface area contributed by atoms with Crippen LogP contribution in [0.4, 0.5) is 0 Å². The summed E-state index contributed by atoms with van der Waals surface area (Å²) in [4.78, 5) is 1.48. The summed E-state index contributed by atoms with van der Waals surface area (Å²) in [5.41, 5.74) is 1.42. The first-order chi connectivity index (χ1) is 4.84. The first-order valence-electron chi connectivity index (χ1n) is 3.28. The van der Waals surface area contributed by atoms with Crippen molar-refractivity contribution in [3.63, 3.8) is 0 Å². The molecule has 1 unspecified atom stereocenters. The van der Waals surface area contributed by atoms with E-state index in [0.717, 1.165) is 0 Å². The highest BCUT2D eigenvalue weighted by Gasteiger charge is 2.06. The SMILES string of the molecule is CC[NH+]1C=CC=C1C.[C-]#N. The highest BCUT2D eigenvalue weighted by molar-refractivity contribution is 5.08. The Bertz CT molecular complexity index is 165. The van der Waals surface area contributed by atoms with Crippen molar-refractivity contribution < 1.29 is 4.90 Å². The van der Waals surface area contributed by atoms with Crippen LogP contribution in [-0.2, 0) is 0 Å². The maximum atomic E-state index is 6.25. The van der Waals surface area contributed by atoms with Gasteiger partial charge in [-0.1, -0.05) is 0 Å². The van der Waals surface area contributed by atoms with E-state index in [-0.39, 0.29) is 0 Å². The number of hydrogen-bond donors (Lipinski definition) is 1. The Morgan fingerprint density at radius 3 is 2.40 bits per heavy atom. The van der Waals surface area contributed by atoms with Gasteiger partial charge in [-0.25, -0.2) is 0 Å². The Morgan fingerprint density at radius 2 is 2.20 bits per heavy atom. The molecule has 0 aromatic heterocycles. The van der Waals surface area contributed by atoms with Gasteiger partial charge in [0.15, 0.2) is 0 Å². The minimum atomic E-state index is 1.17. The molecule has 0 saturated heterocycles. The van der Waals surface area contributed by atoms with E-state index in [9.17, 15) is 0 Å². The van der Waals surface area contributed by atoms with Crippen molar-refractivity contribution in [3.05, 3.63) is 30.6 Å². The summed E-state index contributed by atoms with van der Waals surface area (Å²) in [5.74, 6) is 0. The average molecular weight is 136 g/mol. The van der Waals surface area contributed by atoms with Crippen LogP contribution in [0.3, 0.4) is 0 Å². The highest BCUT2D eigenvalue weighted by Crippen LogP contribution is 1.86. The number of allylic oxidation sites excluding steroid dienone is 3. The fourth-order valence-corrected chi connectivity index (χ4v) is 0.944. The molecule has 0 radical (unpaired) electrons. The minimum Gasteiger partial charge on any atom is -0.512 e. The molecule has 0 bridgehead atoms. The van der Waals surface area contributed by atoms with Crippen LogP contribution in [0.15, 0.2) is 24.0 Å². The van der Waals surface area contributed by atoms with Gasteiger partial charge in [0.05, 0.1) is 12.7 Å². The molecule has 0 aromatic rings. The van der Waals surface area contributed by atoms with Crippen molar-refractivity contribution in [2.45, 2.75) is 13.8 Å². The van der Waals surface area contributed by atoms with Gasteiger partial charge in [0, 0.05) is 6.92 Å². The molecule has 10 heavy (non-hydrogen) atoms. The molecule has 2 heteroatoms. The highest BCUT2D eigenvalue weighted by atomic mass is 15.1. The number of nitrogens with one attached hydrogen (secondary N) is 1. The number of quaternary nitrogens is 1. The Morgan fingerprint density at radius 1 is 1.60 bits per heavy atom. The van der Waals surface area contributed by atoms with Gasteiger partial charge in [0.25, 0.3) is 0 Å². The third-order valence-electron chi connectivity index (χ3n) is 1.53. The Labute approximate surface area is 62.1 Å². The van der Waals surface area contributed by atoms with Crippen LogP contribution in [0.2, 0.25) is 0 Å². The van der Waals surface area contributed by atoms with Gasteiger partial charge >= 0.3 is 0 Å². The van der Waals surface area contributed by atoms with Crippen molar-refractivity contribution in [1.82, 2.24) is 0 Å². The van der Waals surface area contributed by atoms with Crippen LogP contribution in [0.25, 0.3) is 0 Å². The van der Waals surface area contributed by atoms with Crippen LogP contribution in [0.5, 0.6) is 0 Å². The summed E-state index contributed by atoms with van der Waals surface area (Å²) in [7, 11) is 0. The normalized spacial score (nSPS) is 21.2. The number of rotatable bonds is 1. The quantitative estimate of drug-likeness (QED) is 0.520. The lowest BCUT2D eigenvalue weighted by atomic mass is 10.4. The summed E-state index contributed by atoms with van der Waals surface area (Å²) >= 11 is 0. The molecule has 0 saturated carbocycles. The zero-order valence-corrected chi connectivity index (χ0v) is 6.39. The van der Waals surface area contributed by atoms with Crippen LogP contribution in [-0.4, -0.2) is 6.54 Å². The molecule has 2 nitrogen and oxygen atoms in total. The molecule has 1 N–H and O–H groups in total. The van der Waals surface area contributed by atoms with Gasteiger partial charge in [-0.3, -0.25) is 4.90 Å². The van der Waals surface area contributed by atoms with E-state index in [4.69, 9.17) is 11.8 Å². The maximum absolute atomic E-state index is 6.25. The monoisotopic (exact) mass is 136 g/mol. The van der Waals surface area contributed by atoms with Crippen molar-refractivity contribution in [1.29, 1.82) is 5.26 Å². The molecule has 0 amide bonds. The van der Waals surface area contributed by atoms with E-state index >= 15 is 0 Å². The molecule has 1 rings (SSSR count). The topological polar surface area (TPSA) is 28.2 Å². The molecule has 0 fully saturated rings. The van der Waals surface area contributed by atoms with Crippen molar-refractivity contribution >= 4 is 0 Å². The standard InChI is InChI=1S/C7H11N.CN/c1-3-8-6-4-5-7(8)2;1-2/h4-6H,3H2,1-2H3;/q;-1/p+1. The molecule has 0 spiro atoms. The fraction of sp³-hybridized carbons (Fsp3) is 0.375. The van der Waals surface area contributed by atoms with E-state index in [1.807, 2.05) is 0 Å². The molecule has 1 heterocycles. The molecule has 0 aliphatic carbocycles. The zero-order chi connectivity index (χ0) is 7.98. The third kappa shape index (κ3) is 2.04. The fourth-order valence-electron chi connectivity index (χ4n) is 0.944. The second-order valence-electron chi connectivity index (χ2n) is 2.09. The maximum Gasteiger partial charge on any atom is 0.109 e. The second kappa shape index (κ2) is 4.78. The van der Waals surface area contributed by atoms with E-state index in [0.29, 0.717) is 0 Å². The molecular weight excluding hydrogens is 124 g/mol. The van der Waals surface area contributed by atoms with Crippen molar-refractivity contribution in [3.8, 4) is 0 Å². The lowest BCUT2D eigenvalue weighted by Gasteiger charge is -2.05. The summed E-state index contributed by atoms with van der Waals surface area (Å²) in [6.45, 7) is 10.2. The predicted octanol–water partition coefficient (Wildman–Crippen LogP) is 0.419. The first kappa shape index (κ1) is 8.93. The Balaban J connectivity index is 0.000000371. The Kier molecular flexibility index (Phi) is 4.26. The Hall–Kier alpha value is -1.07. The van der Waals surface area contributed by atoms with E-state index < -0.39 is 0 Å². The number of nitrogens with zero attached hydrogens (tertiary/aromatic N) is 1. The van der Waals surface area contributed by atoms with Gasteiger partial charge in [0.1, 0.15) is 5.70 Å². The summed E-state index contributed by atoms with van der Waals surface area (Å²) in [6, 6.07) is 0. The molecular formula is C8H12N2. The lowest BCUT2D eigenvalue weighted by Crippen LogP contribution is -3.03. The largest absolute Gasteiger partial charge is 0.512 e. The molecule has 1 aliphatic rings. The zero-order valence-electron chi connectivity index (χ0n) is 6.39. The van der Waals surface area contributed by atoms with Gasteiger partial charge in [-0.15, -0.1) is 0 Å². The smallest absolute Gasteiger partial charge is 0.109 e. The van der Waals surface area contributed by atoms with Crippen LogP contribution >= 0.6 is 0 Å². The van der Waals surface area contributed by atoms with E-state index in [1.54, 1.807) is 0 Å². The minimum absolute atomic E-state index is 1.17. The average Bonchev–Trinajstić information content (AvgIpc) is 2.39. The predicted molar refractivity (Wildman–Crippen MR) is 39.4 cm³/mol. The van der Waals surface area contributed by atoms with Gasteiger partial charge in [-0.2, -0.15) is 0 Å². The van der Waals surface area contributed by atoms with E-state index in [2.05, 4.69) is 32.2 Å². The van der Waals surface area contributed by atoms with Gasteiger partial charge in [0.2, 0.25) is 0 Å². The van der Waals surface area contributed by atoms with Gasteiger partial charge in [-0.05, 0) is 19.1 Å². The second-order valence-corrected chi connectivity index (χ2v) is 2.09. The molecule has 54 valence electrons. The summed E-state index contributed by atoms with van der Waals surface area (Å²) < 4.78 is 0. The van der Waals surface area contributed by atoms with Crippen molar-refractivity contribution in [2.75, 3.05) is 6.54 Å². The summed E-state index contributed by atoms with van der Waals surface area (Å²) in [6.07, 6.45) is 6.43. The first-order valence-corrected chi connectivity index (χ1v) is 3.28. The molecule has 1 aliphatic heterocycles. The molecule has 0 aromatic carbocycles. The number of hydrogen-bond acceptors (Lipinski definition) is 1. The van der Waals surface area contributed by atoms with Crippen LogP contribution in [0.1, 0.15) is 13.8 Å². The van der Waals surface area contributed by atoms with Crippen LogP contribution in [0, 0.1) is 11.8 Å². The molecule has 1 atom stereocenters. The lowest BCUT2D eigenvalue weighted by molar-refractivity contribution is -0.799. The van der Waals surface area contributed by atoms with Gasteiger partial charge < -0.3 is 11.8 Å². The van der Waals surface area contributed by atoms with Crippen molar-refractivity contribution in [2.24, 2.45) is 0 Å².